The number of carbonyl (C=O) groups is 1. The van der Waals surface area contributed by atoms with E-state index in [0.29, 0.717) is 11.1 Å². The maximum Gasteiger partial charge on any atom is 0.410 e. The van der Waals surface area contributed by atoms with Crippen LogP contribution >= 0.6 is 11.6 Å². The van der Waals surface area contributed by atoms with E-state index in [4.69, 9.17) is 25.8 Å². The molecule has 4 rings (SSSR count). The summed E-state index contributed by atoms with van der Waals surface area (Å²) in [6.45, 7) is 5.32. The third-order valence-electron chi connectivity index (χ3n) is 6.25. The van der Waals surface area contributed by atoms with Crippen molar-refractivity contribution in [1.29, 1.82) is 5.26 Å². The number of amides is 1. The van der Waals surface area contributed by atoms with Crippen molar-refractivity contribution < 1.29 is 27.8 Å². The summed E-state index contributed by atoms with van der Waals surface area (Å²) in [5.74, 6) is -1.67. The molecule has 0 saturated carbocycles. The molecule has 1 heterocycles. The molecule has 0 aromatic heterocycles. The van der Waals surface area contributed by atoms with Crippen molar-refractivity contribution in [2.45, 2.75) is 38.4 Å². The van der Waals surface area contributed by atoms with E-state index in [2.05, 4.69) is 0 Å². The number of nitrogens with zero attached hydrogens (tertiary/aromatic N) is 2. The van der Waals surface area contributed by atoms with Crippen LogP contribution in [0.15, 0.2) is 48.5 Å². The van der Waals surface area contributed by atoms with Crippen LogP contribution in [0, 0.1) is 23.0 Å². The van der Waals surface area contributed by atoms with E-state index < -0.39 is 28.9 Å². The summed E-state index contributed by atoms with van der Waals surface area (Å²) in [4.78, 5) is 14.2. The van der Waals surface area contributed by atoms with Gasteiger partial charge in [-0.25, -0.2) is 13.6 Å². The third-order valence-corrected chi connectivity index (χ3v) is 6.62. The van der Waals surface area contributed by atoms with E-state index in [1.807, 2.05) is 36.4 Å². The van der Waals surface area contributed by atoms with Gasteiger partial charge in [-0.05, 0) is 38.5 Å². The highest BCUT2D eigenvalue weighted by Gasteiger charge is 2.46. The molecule has 38 heavy (non-hydrogen) atoms. The molecular formula is C29H27ClF2N2O4. The average molecular weight is 541 g/mol. The average Bonchev–Trinajstić information content (AvgIpc) is 3.23. The molecule has 0 radical (unpaired) electrons. The quantitative estimate of drug-likeness (QED) is 0.353. The number of hydrogen-bond acceptors (Lipinski definition) is 5. The fourth-order valence-corrected chi connectivity index (χ4v) is 4.89. The number of benzene rings is 3. The third kappa shape index (κ3) is 4.99. The minimum Gasteiger partial charge on any atom is -0.494 e. The molecule has 0 fully saturated rings. The lowest BCUT2D eigenvalue weighted by Gasteiger charge is -2.34. The highest BCUT2D eigenvalue weighted by atomic mass is 35.5. The van der Waals surface area contributed by atoms with E-state index in [-0.39, 0.29) is 46.2 Å². The smallest absolute Gasteiger partial charge is 0.410 e. The van der Waals surface area contributed by atoms with Crippen LogP contribution in [-0.2, 0) is 16.8 Å². The molecule has 3 aromatic carbocycles. The van der Waals surface area contributed by atoms with Crippen molar-refractivity contribution in [3.8, 4) is 28.7 Å². The van der Waals surface area contributed by atoms with Gasteiger partial charge in [0.15, 0.2) is 17.2 Å². The van der Waals surface area contributed by atoms with Gasteiger partial charge in [0.1, 0.15) is 17.2 Å². The van der Waals surface area contributed by atoms with Gasteiger partial charge in [0.05, 0.1) is 30.3 Å². The van der Waals surface area contributed by atoms with E-state index in [0.717, 1.165) is 6.07 Å². The first kappa shape index (κ1) is 27.2. The zero-order chi connectivity index (χ0) is 27.8. The van der Waals surface area contributed by atoms with Crippen molar-refractivity contribution in [3.05, 3.63) is 81.9 Å². The lowest BCUT2D eigenvalue weighted by Crippen LogP contribution is -2.46. The van der Waals surface area contributed by atoms with Gasteiger partial charge in [-0.1, -0.05) is 41.9 Å². The van der Waals surface area contributed by atoms with Crippen LogP contribution in [0.1, 0.15) is 37.5 Å². The van der Waals surface area contributed by atoms with Gasteiger partial charge in [0.2, 0.25) is 0 Å². The highest BCUT2D eigenvalue weighted by Crippen LogP contribution is 2.50. The largest absolute Gasteiger partial charge is 0.494 e. The molecule has 1 aliphatic heterocycles. The molecule has 0 bridgehead atoms. The summed E-state index contributed by atoms with van der Waals surface area (Å²) in [7, 11) is 2.87. The number of methoxy groups -OCH3 is 1. The first-order chi connectivity index (χ1) is 17.9. The van der Waals surface area contributed by atoms with Crippen molar-refractivity contribution in [2.24, 2.45) is 0 Å². The summed E-state index contributed by atoms with van der Waals surface area (Å²) in [6, 6.07) is 15.0. The SMILES string of the molecule is COc1ccc(C#N)c(-c2c(Cl)c(F)cc3c2CC(CN(C)C(=O)OC(C)(C)C)(c2ccccc2)O3)c1F. The molecule has 0 aliphatic carbocycles. The summed E-state index contributed by atoms with van der Waals surface area (Å²) in [5.41, 5.74) is -0.994. The predicted molar refractivity (Wildman–Crippen MR) is 139 cm³/mol. The number of nitriles is 1. The zero-order valence-corrected chi connectivity index (χ0v) is 22.5. The minimum absolute atomic E-state index is 0.00680. The van der Waals surface area contributed by atoms with E-state index >= 15 is 8.78 Å². The number of hydrogen-bond donors (Lipinski definition) is 0. The number of ether oxygens (including phenoxy) is 3. The Labute approximate surface area is 225 Å². The lowest BCUT2D eigenvalue weighted by atomic mass is 9.85. The molecule has 1 unspecified atom stereocenters. The standard InChI is InChI=1S/C29H27ClF2N2O4/c1-28(2,3)38-27(35)34(4)16-29(18-9-7-6-8-10-18)14-19-22(37-29)13-20(31)25(30)24(19)23-17(15-33)11-12-21(36-5)26(23)32/h6-13H,14,16H2,1-5H3. The number of fused-ring (bicyclic) bond motifs is 1. The number of rotatable bonds is 5. The molecular weight excluding hydrogens is 514 g/mol. The number of carbonyl (C=O) groups excluding carboxylic acids is 1. The number of likely N-dealkylation sites (N-methyl/N-ethyl adjacent to an activating group) is 1. The first-order valence-corrected chi connectivity index (χ1v) is 12.2. The Hall–Kier alpha value is -3.83. The van der Waals surface area contributed by atoms with Gasteiger partial charge in [0.25, 0.3) is 0 Å². The van der Waals surface area contributed by atoms with Gasteiger partial charge in [-0.15, -0.1) is 0 Å². The van der Waals surface area contributed by atoms with Crippen LogP contribution in [-0.4, -0.2) is 37.3 Å². The van der Waals surface area contributed by atoms with E-state index in [1.54, 1.807) is 27.8 Å². The van der Waals surface area contributed by atoms with E-state index in [9.17, 15) is 10.1 Å². The minimum atomic E-state index is -1.18. The first-order valence-electron chi connectivity index (χ1n) is 11.9. The van der Waals surface area contributed by atoms with Crippen LogP contribution in [0.3, 0.4) is 0 Å². The maximum absolute atomic E-state index is 15.6. The summed E-state index contributed by atoms with van der Waals surface area (Å²) in [6.07, 6.45) is -0.460. The molecule has 0 spiro atoms. The fourth-order valence-electron chi connectivity index (χ4n) is 4.62. The van der Waals surface area contributed by atoms with Crippen LogP contribution < -0.4 is 9.47 Å². The Kier molecular flexibility index (Phi) is 7.26. The van der Waals surface area contributed by atoms with Gasteiger partial charge >= 0.3 is 6.09 Å². The Morgan fingerprint density at radius 1 is 1.18 bits per heavy atom. The lowest BCUT2D eigenvalue weighted by molar-refractivity contribution is 0.00577. The maximum atomic E-state index is 15.6. The summed E-state index contributed by atoms with van der Waals surface area (Å²) < 4.78 is 47.8. The molecule has 1 atom stereocenters. The molecule has 6 nitrogen and oxygen atoms in total. The zero-order valence-electron chi connectivity index (χ0n) is 21.7. The van der Waals surface area contributed by atoms with E-state index in [1.165, 1.54) is 24.1 Å². The van der Waals surface area contributed by atoms with Gasteiger partial charge in [-0.2, -0.15) is 5.26 Å². The van der Waals surface area contributed by atoms with Crippen LogP contribution in [0.2, 0.25) is 5.02 Å². The van der Waals surface area contributed by atoms with Gasteiger partial charge < -0.3 is 19.1 Å². The predicted octanol–water partition coefficient (Wildman–Crippen LogP) is 6.86. The molecule has 3 aromatic rings. The van der Waals surface area contributed by atoms with Gasteiger partial charge in [-0.3, -0.25) is 0 Å². The van der Waals surface area contributed by atoms with Gasteiger partial charge in [0, 0.05) is 36.2 Å². The second-order valence-electron chi connectivity index (χ2n) is 10.1. The Morgan fingerprint density at radius 3 is 2.47 bits per heavy atom. The molecule has 1 aliphatic rings. The van der Waals surface area contributed by atoms with Crippen molar-refractivity contribution in [2.75, 3.05) is 20.7 Å². The topological polar surface area (TPSA) is 71.8 Å². The molecule has 0 N–H and O–H groups in total. The molecule has 9 heteroatoms. The second kappa shape index (κ2) is 10.1. The number of halogens is 3. The van der Waals surface area contributed by atoms with Crippen molar-refractivity contribution >= 4 is 17.7 Å². The fraction of sp³-hybridized carbons (Fsp3) is 0.310. The molecule has 0 saturated heterocycles. The second-order valence-corrected chi connectivity index (χ2v) is 10.5. The molecule has 1 amide bonds. The Bertz CT molecular complexity index is 1430. The van der Waals surface area contributed by atoms with Crippen molar-refractivity contribution in [3.63, 3.8) is 0 Å². The Morgan fingerprint density at radius 2 is 1.87 bits per heavy atom. The summed E-state index contributed by atoms with van der Waals surface area (Å²) >= 11 is 6.44. The normalized spacial score (nSPS) is 16.3. The van der Waals surface area contributed by atoms with Crippen LogP contribution in [0.5, 0.6) is 11.5 Å². The van der Waals surface area contributed by atoms with Crippen LogP contribution in [0.25, 0.3) is 11.1 Å². The van der Waals surface area contributed by atoms with Crippen LogP contribution in [0.4, 0.5) is 13.6 Å². The monoisotopic (exact) mass is 540 g/mol. The van der Waals surface area contributed by atoms with Crippen molar-refractivity contribution in [1.82, 2.24) is 4.90 Å². The molecule has 198 valence electrons. The summed E-state index contributed by atoms with van der Waals surface area (Å²) in [5, 5.41) is 9.40. The Balaban J connectivity index is 1.90. The highest BCUT2D eigenvalue weighted by molar-refractivity contribution is 6.34.